The number of fused-ring (bicyclic) bond motifs is 1. The predicted molar refractivity (Wildman–Crippen MR) is 96.6 cm³/mol. The van der Waals surface area contributed by atoms with Crippen molar-refractivity contribution in [3.63, 3.8) is 0 Å². The molecule has 0 unspecified atom stereocenters. The number of aromatic nitrogens is 2. The van der Waals surface area contributed by atoms with Gasteiger partial charge in [0.1, 0.15) is 55.6 Å². The summed E-state index contributed by atoms with van der Waals surface area (Å²) in [5, 5.41) is 10.5. The summed E-state index contributed by atoms with van der Waals surface area (Å²) in [6.45, 7) is 5.93. The molecule has 1 aromatic carbocycles. The monoisotopic (exact) mass is 358 g/mol. The Kier molecular flexibility index (Phi) is 4.92. The summed E-state index contributed by atoms with van der Waals surface area (Å²) in [6.07, 6.45) is 0.836. The summed E-state index contributed by atoms with van der Waals surface area (Å²) >= 11 is 0. The molecule has 3 heterocycles. The topological polar surface area (TPSA) is 81.9 Å². The molecule has 0 spiro atoms. The third-order valence-corrected chi connectivity index (χ3v) is 5.13. The number of nitrogens with two attached hydrogens (primary N) is 1. The van der Waals surface area contributed by atoms with Crippen LogP contribution in [0.1, 0.15) is 11.9 Å². The van der Waals surface area contributed by atoms with E-state index in [2.05, 4.69) is 10.6 Å². The van der Waals surface area contributed by atoms with Crippen LogP contribution in [0, 0.1) is 0 Å². The third kappa shape index (κ3) is 3.33. The van der Waals surface area contributed by atoms with E-state index >= 15 is 0 Å². The number of nitrogens with one attached hydrogen (secondary N) is 1. The maximum absolute atomic E-state index is 10.5. The molecule has 0 amide bonds. The molecule has 0 saturated carbocycles. The van der Waals surface area contributed by atoms with Crippen molar-refractivity contribution in [2.24, 2.45) is 0 Å². The summed E-state index contributed by atoms with van der Waals surface area (Å²) in [5.41, 5.74) is 8.59. The number of quaternary nitrogens is 1. The van der Waals surface area contributed by atoms with Crippen molar-refractivity contribution in [1.82, 2.24) is 4.57 Å². The van der Waals surface area contributed by atoms with Crippen molar-refractivity contribution in [3.05, 3.63) is 48.4 Å². The van der Waals surface area contributed by atoms with Crippen LogP contribution in [0.3, 0.4) is 0 Å². The van der Waals surface area contributed by atoms with Crippen molar-refractivity contribution >= 4 is 17.0 Å². The third-order valence-electron chi connectivity index (χ3n) is 5.13. The van der Waals surface area contributed by atoms with E-state index in [9.17, 15) is 5.11 Å². The van der Waals surface area contributed by atoms with Gasteiger partial charge in [-0.2, -0.15) is 0 Å². The summed E-state index contributed by atoms with van der Waals surface area (Å²) in [5.74, 6) is 1.20. The van der Waals surface area contributed by atoms with Gasteiger partial charge in [-0.05, 0) is 24.3 Å². The molecule has 2 aromatic heterocycles. The van der Waals surface area contributed by atoms with Gasteiger partial charge in [0.05, 0.1) is 19.5 Å². The predicted octanol–water partition coefficient (Wildman–Crippen LogP) is -0.247. The van der Waals surface area contributed by atoms with Crippen LogP contribution in [0.5, 0.6) is 0 Å². The fourth-order valence-corrected chi connectivity index (χ4v) is 3.66. The number of aliphatic hydroxyl groups excluding tert-OH is 1. The molecule has 1 saturated heterocycles. The van der Waals surface area contributed by atoms with Gasteiger partial charge in [-0.1, -0.05) is 12.1 Å². The molecule has 0 bridgehead atoms. The number of nitrogen functional groups attached to an aromatic ring is 1. The number of furan rings is 1. The highest BCUT2D eigenvalue weighted by Gasteiger charge is 2.25. The number of benzene rings is 1. The van der Waals surface area contributed by atoms with Crippen molar-refractivity contribution in [1.29, 1.82) is 0 Å². The van der Waals surface area contributed by atoms with E-state index in [-0.39, 0.29) is 0 Å². The number of imidazole rings is 1. The lowest BCUT2D eigenvalue weighted by Gasteiger charge is -2.23. The van der Waals surface area contributed by atoms with Gasteiger partial charge in [-0.3, -0.25) is 5.73 Å². The minimum Gasteiger partial charge on any atom is -0.466 e. The van der Waals surface area contributed by atoms with E-state index in [1.54, 1.807) is 18.4 Å². The smallest absolute Gasteiger partial charge is 0.356 e. The molecule has 1 atom stereocenters. The second-order valence-electron chi connectivity index (χ2n) is 6.75. The van der Waals surface area contributed by atoms with Crippen LogP contribution in [-0.2, 0) is 17.8 Å². The number of para-hydroxylation sites is 2. The SMILES string of the molecule is Nc1n(CC[NH+]2CCOCC2)c2ccccc2[n+]1C[C@H](O)c1ccco1. The molecule has 138 valence electrons. The number of hydrogen-bond acceptors (Lipinski definition) is 4. The normalized spacial score (nSPS) is 17.0. The Bertz CT molecular complexity index is 853. The minimum absolute atomic E-state index is 0.358. The van der Waals surface area contributed by atoms with Gasteiger partial charge in [0.25, 0.3) is 0 Å². The summed E-state index contributed by atoms with van der Waals surface area (Å²) in [4.78, 5) is 1.54. The van der Waals surface area contributed by atoms with E-state index in [0.29, 0.717) is 18.3 Å². The second-order valence-corrected chi connectivity index (χ2v) is 6.75. The van der Waals surface area contributed by atoms with Crippen LogP contribution < -0.4 is 15.2 Å². The van der Waals surface area contributed by atoms with Gasteiger partial charge in [-0.25, -0.2) is 9.13 Å². The highest BCUT2D eigenvalue weighted by Crippen LogP contribution is 2.19. The van der Waals surface area contributed by atoms with Crippen LogP contribution in [0.15, 0.2) is 47.1 Å². The summed E-state index contributed by atoms with van der Waals surface area (Å²) in [6, 6.07) is 11.7. The number of rotatable bonds is 6. The summed E-state index contributed by atoms with van der Waals surface area (Å²) < 4.78 is 14.9. The van der Waals surface area contributed by atoms with Gasteiger partial charge in [0, 0.05) is 0 Å². The molecule has 4 N–H and O–H groups in total. The van der Waals surface area contributed by atoms with Gasteiger partial charge in [0.2, 0.25) is 0 Å². The molecule has 0 aliphatic carbocycles. The minimum atomic E-state index is -0.735. The van der Waals surface area contributed by atoms with Crippen LogP contribution in [0.4, 0.5) is 5.95 Å². The fourth-order valence-electron chi connectivity index (χ4n) is 3.66. The van der Waals surface area contributed by atoms with E-state index in [0.717, 1.165) is 50.4 Å². The van der Waals surface area contributed by atoms with Gasteiger partial charge in [-0.15, -0.1) is 0 Å². The molecule has 1 aliphatic rings. The molecule has 1 aliphatic heterocycles. The Hall–Kier alpha value is -2.35. The van der Waals surface area contributed by atoms with Crippen LogP contribution in [-0.4, -0.2) is 42.5 Å². The first-order chi connectivity index (χ1) is 12.7. The maximum atomic E-state index is 10.5. The molecule has 7 nitrogen and oxygen atoms in total. The lowest BCUT2D eigenvalue weighted by molar-refractivity contribution is -0.908. The largest absolute Gasteiger partial charge is 0.466 e. The quantitative estimate of drug-likeness (QED) is 0.531. The van der Waals surface area contributed by atoms with Crippen LogP contribution in [0.25, 0.3) is 11.0 Å². The number of aliphatic hydroxyl groups is 1. The summed E-state index contributed by atoms with van der Waals surface area (Å²) in [7, 11) is 0. The van der Waals surface area contributed by atoms with Crippen molar-refractivity contribution in [2.45, 2.75) is 19.2 Å². The molecule has 1 fully saturated rings. The number of ether oxygens (including phenoxy) is 1. The highest BCUT2D eigenvalue weighted by molar-refractivity contribution is 5.73. The number of nitrogens with zero attached hydrogens (tertiary/aromatic N) is 2. The number of morpholine rings is 1. The first-order valence-corrected chi connectivity index (χ1v) is 9.13. The Labute approximate surface area is 152 Å². The Morgan fingerprint density at radius 1 is 1.19 bits per heavy atom. The Morgan fingerprint density at radius 2 is 2.00 bits per heavy atom. The zero-order chi connectivity index (χ0) is 17.9. The second kappa shape index (κ2) is 7.49. The first kappa shape index (κ1) is 17.1. The van der Waals surface area contributed by atoms with Crippen molar-refractivity contribution in [2.75, 3.05) is 38.6 Å². The maximum Gasteiger partial charge on any atom is 0.356 e. The standard InChI is InChI=1S/C19H24N4O3/c20-19-22(8-7-21-9-12-25-13-10-21)15-4-1-2-5-16(15)23(19)14-17(24)18-6-3-11-26-18/h1-6,11,17,20,24H,7-10,12-14H2/p+2/t17-/m0/s1. The zero-order valence-electron chi connectivity index (χ0n) is 14.8. The molecule has 26 heavy (non-hydrogen) atoms. The van der Waals surface area contributed by atoms with Crippen molar-refractivity contribution < 1.29 is 23.7 Å². The van der Waals surface area contributed by atoms with Crippen molar-refractivity contribution in [3.8, 4) is 0 Å². The highest BCUT2D eigenvalue weighted by atomic mass is 16.5. The molecular formula is C19H26N4O3+2. The lowest BCUT2D eigenvalue weighted by atomic mass is 10.2. The van der Waals surface area contributed by atoms with Crippen LogP contribution in [0.2, 0.25) is 0 Å². The molecule has 4 rings (SSSR count). The number of hydrogen-bond donors (Lipinski definition) is 3. The van der Waals surface area contributed by atoms with Crippen LogP contribution >= 0.6 is 0 Å². The molecule has 7 heteroatoms. The van der Waals surface area contributed by atoms with E-state index < -0.39 is 6.10 Å². The van der Waals surface area contributed by atoms with Gasteiger partial charge >= 0.3 is 5.95 Å². The zero-order valence-corrected chi connectivity index (χ0v) is 14.8. The van der Waals surface area contributed by atoms with E-state index in [4.69, 9.17) is 14.9 Å². The van der Waals surface area contributed by atoms with Gasteiger partial charge < -0.3 is 19.2 Å². The van der Waals surface area contributed by atoms with E-state index in [1.807, 2.05) is 22.8 Å². The molecule has 0 radical (unpaired) electrons. The fraction of sp³-hybridized carbons (Fsp3) is 0.421. The molecule has 3 aromatic rings. The van der Waals surface area contributed by atoms with E-state index in [1.165, 1.54) is 4.90 Å². The first-order valence-electron chi connectivity index (χ1n) is 9.13. The average molecular weight is 358 g/mol. The lowest BCUT2D eigenvalue weighted by Crippen LogP contribution is -3.14. The Morgan fingerprint density at radius 3 is 2.77 bits per heavy atom. The average Bonchev–Trinajstić information content (AvgIpc) is 3.29. The Balaban J connectivity index is 1.60. The number of anilines is 1. The molecular weight excluding hydrogens is 332 g/mol. The van der Waals surface area contributed by atoms with Gasteiger partial charge in [0.15, 0.2) is 0 Å².